The minimum atomic E-state index is -1.02. The van der Waals surface area contributed by atoms with Crippen LogP contribution in [0, 0.1) is 0 Å². The van der Waals surface area contributed by atoms with E-state index in [9.17, 15) is 14.7 Å². The van der Waals surface area contributed by atoms with E-state index in [1.807, 2.05) is 19.0 Å². The van der Waals surface area contributed by atoms with Crippen molar-refractivity contribution in [2.24, 2.45) is 0 Å². The molecular formula is C14H23N3O3S. The number of thiophene rings is 1. The van der Waals surface area contributed by atoms with Crippen molar-refractivity contribution in [1.82, 2.24) is 15.5 Å². The van der Waals surface area contributed by atoms with E-state index in [0.29, 0.717) is 11.4 Å². The van der Waals surface area contributed by atoms with Crippen molar-refractivity contribution in [3.63, 3.8) is 0 Å². The third kappa shape index (κ3) is 6.24. The fraction of sp³-hybridized carbons (Fsp3) is 0.571. The highest BCUT2D eigenvalue weighted by Crippen LogP contribution is 2.08. The average Bonchev–Trinajstić information content (AvgIpc) is 2.88. The second kappa shape index (κ2) is 7.53. The fourth-order valence-electron chi connectivity index (χ4n) is 1.91. The van der Waals surface area contributed by atoms with Crippen LogP contribution < -0.4 is 10.6 Å². The number of nitrogens with zero attached hydrogens (tertiary/aromatic N) is 1. The van der Waals surface area contributed by atoms with Crippen LogP contribution in [0.15, 0.2) is 17.5 Å². The van der Waals surface area contributed by atoms with E-state index in [2.05, 4.69) is 10.6 Å². The van der Waals surface area contributed by atoms with Crippen molar-refractivity contribution in [1.29, 1.82) is 0 Å². The number of likely N-dealkylation sites (N-methyl/N-ethyl adjacent to an activating group) is 1. The smallest absolute Gasteiger partial charge is 0.261 e. The van der Waals surface area contributed by atoms with E-state index in [-0.39, 0.29) is 18.4 Å². The first-order chi connectivity index (χ1) is 9.71. The summed E-state index contributed by atoms with van der Waals surface area (Å²) < 4.78 is 0. The minimum absolute atomic E-state index is 0.128. The van der Waals surface area contributed by atoms with Gasteiger partial charge in [-0.1, -0.05) is 6.07 Å². The Kier molecular flexibility index (Phi) is 6.32. The predicted octanol–water partition coefficient (Wildman–Crippen LogP) is 0.295. The summed E-state index contributed by atoms with van der Waals surface area (Å²) >= 11 is 1.32. The van der Waals surface area contributed by atoms with Gasteiger partial charge in [-0.15, -0.1) is 11.3 Å². The van der Waals surface area contributed by atoms with E-state index in [0.717, 1.165) is 0 Å². The molecule has 0 fully saturated rings. The second-order valence-electron chi connectivity index (χ2n) is 5.62. The lowest BCUT2D eigenvalue weighted by molar-refractivity contribution is -0.123. The van der Waals surface area contributed by atoms with Gasteiger partial charge in [0.25, 0.3) is 5.91 Å². The molecule has 0 saturated carbocycles. The van der Waals surface area contributed by atoms with Crippen molar-refractivity contribution in [2.75, 3.05) is 27.2 Å². The zero-order valence-corrected chi connectivity index (χ0v) is 13.7. The number of hydrogen-bond donors (Lipinski definition) is 3. The number of carbonyl (C=O) groups excluding carboxylic acids is 2. The number of nitrogens with one attached hydrogen (secondary N) is 2. The molecule has 2 atom stereocenters. The molecule has 0 aromatic carbocycles. The van der Waals surface area contributed by atoms with Crippen molar-refractivity contribution in [2.45, 2.75) is 25.5 Å². The molecule has 1 heterocycles. The summed E-state index contributed by atoms with van der Waals surface area (Å²) in [5.41, 5.74) is -1.02. The van der Waals surface area contributed by atoms with Gasteiger partial charge in [0, 0.05) is 13.1 Å². The number of rotatable bonds is 7. The molecular weight excluding hydrogens is 290 g/mol. The van der Waals surface area contributed by atoms with Crippen LogP contribution in [0.4, 0.5) is 0 Å². The van der Waals surface area contributed by atoms with E-state index in [1.54, 1.807) is 31.4 Å². The maximum absolute atomic E-state index is 11.9. The van der Waals surface area contributed by atoms with E-state index in [4.69, 9.17) is 0 Å². The number of amides is 2. The maximum Gasteiger partial charge on any atom is 0.261 e. The second-order valence-corrected chi connectivity index (χ2v) is 6.57. The first-order valence-electron chi connectivity index (χ1n) is 6.70. The van der Waals surface area contributed by atoms with Crippen molar-refractivity contribution >= 4 is 23.2 Å². The Balaban J connectivity index is 2.43. The van der Waals surface area contributed by atoms with Gasteiger partial charge in [-0.25, -0.2) is 0 Å². The molecule has 1 aromatic heterocycles. The van der Waals surface area contributed by atoms with Gasteiger partial charge >= 0.3 is 0 Å². The summed E-state index contributed by atoms with van der Waals surface area (Å²) in [6.07, 6.45) is 0. The summed E-state index contributed by atoms with van der Waals surface area (Å²) in [5.74, 6) is -0.591. The third-order valence-corrected chi connectivity index (χ3v) is 3.65. The Hall–Kier alpha value is -1.44. The number of aliphatic hydroxyl groups is 1. The Morgan fingerprint density at radius 2 is 2.14 bits per heavy atom. The molecule has 3 N–H and O–H groups in total. The standard InChI is InChI=1S/C14H23N3O3S/c1-10(16-13(19)11-6-5-7-21-11)12(18)15-8-14(2,20)9-17(3)4/h5-7,10,20H,8-9H2,1-4H3,(H,15,18)(H,16,19). The molecule has 0 aliphatic carbocycles. The lowest BCUT2D eigenvalue weighted by atomic mass is 10.1. The van der Waals surface area contributed by atoms with Crippen LogP contribution in [0.2, 0.25) is 0 Å². The largest absolute Gasteiger partial charge is 0.387 e. The predicted molar refractivity (Wildman–Crippen MR) is 83.4 cm³/mol. The molecule has 1 rings (SSSR count). The third-order valence-electron chi connectivity index (χ3n) is 2.79. The van der Waals surface area contributed by atoms with Gasteiger partial charge in [0.1, 0.15) is 6.04 Å². The van der Waals surface area contributed by atoms with Crippen molar-refractivity contribution < 1.29 is 14.7 Å². The van der Waals surface area contributed by atoms with Gasteiger partial charge in [-0.05, 0) is 39.4 Å². The van der Waals surface area contributed by atoms with Gasteiger partial charge in [0.15, 0.2) is 0 Å². The Bertz CT molecular complexity index is 472. The highest BCUT2D eigenvalue weighted by molar-refractivity contribution is 7.12. The molecule has 1 aromatic rings. The van der Waals surface area contributed by atoms with Crippen LogP contribution in [-0.4, -0.2) is 60.6 Å². The van der Waals surface area contributed by atoms with Crippen molar-refractivity contribution in [3.05, 3.63) is 22.4 Å². The monoisotopic (exact) mass is 313 g/mol. The Morgan fingerprint density at radius 3 is 2.67 bits per heavy atom. The molecule has 0 saturated heterocycles. The van der Waals surface area contributed by atoms with Crippen LogP contribution in [0.1, 0.15) is 23.5 Å². The topological polar surface area (TPSA) is 81.7 Å². The summed E-state index contributed by atoms with van der Waals surface area (Å²) in [7, 11) is 3.69. The molecule has 7 heteroatoms. The zero-order valence-electron chi connectivity index (χ0n) is 12.8. The summed E-state index contributed by atoms with van der Waals surface area (Å²) in [5, 5.41) is 17.2. The van der Waals surface area contributed by atoms with Gasteiger partial charge in [-0.2, -0.15) is 0 Å². The van der Waals surface area contributed by atoms with Crippen LogP contribution in [0.3, 0.4) is 0 Å². The maximum atomic E-state index is 11.9. The first kappa shape index (κ1) is 17.6. The van der Waals surface area contributed by atoms with Crippen molar-refractivity contribution in [3.8, 4) is 0 Å². The molecule has 2 amide bonds. The lowest BCUT2D eigenvalue weighted by Crippen LogP contribution is -2.51. The lowest BCUT2D eigenvalue weighted by Gasteiger charge is -2.27. The Morgan fingerprint density at radius 1 is 1.48 bits per heavy atom. The van der Waals surface area contributed by atoms with Crippen LogP contribution in [0.5, 0.6) is 0 Å². The molecule has 0 bridgehead atoms. The molecule has 118 valence electrons. The quantitative estimate of drug-likeness (QED) is 0.676. The number of carbonyl (C=O) groups is 2. The Labute approximate surface area is 129 Å². The van der Waals surface area contributed by atoms with E-state index in [1.165, 1.54) is 11.3 Å². The molecule has 6 nitrogen and oxygen atoms in total. The fourth-order valence-corrected chi connectivity index (χ4v) is 2.54. The van der Waals surface area contributed by atoms with Crippen LogP contribution >= 0.6 is 11.3 Å². The minimum Gasteiger partial charge on any atom is -0.387 e. The average molecular weight is 313 g/mol. The highest BCUT2D eigenvalue weighted by atomic mass is 32.1. The van der Waals surface area contributed by atoms with Gasteiger partial charge < -0.3 is 20.6 Å². The molecule has 0 radical (unpaired) electrons. The normalized spacial score (nSPS) is 15.3. The first-order valence-corrected chi connectivity index (χ1v) is 7.58. The molecule has 2 unspecified atom stereocenters. The van der Waals surface area contributed by atoms with Gasteiger partial charge in [0.05, 0.1) is 10.5 Å². The summed E-state index contributed by atoms with van der Waals surface area (Å²) in [6, 6.07) is 2.82. The molecule has 0 aliphatic rings. The summed E-state index contributed by atoms with van der Waals surface area (Å²) in [6.45, 7) is 3.83. The molecule has 0 spiro atoms. The summed E-state index contributed by atoms with van der Waals surface area (Å²) in [4.78, 5) is 26.2. The van der Waals surface area contributed by atoms with E-state index >= 15 is 0 Å². The molecule has 0 aliphatic heterocycles. The number of hydrogen-bond acceptors (Lipinski definition) is 5. The van der Waals surface area contributed by atoms with E-state index < -0.39 is 11.6 Å². The molecule has 21 heavy (non-hydrogen) atoms. The zero-order chi connectivity index (χ0) is 16.0. The van der Waals surface area contributed by atoms with Crippen LogP contribution in [0.25, 0.3) is 0 Å². The van der Waals surface area contributed by atoms with Gasteiger partial charge in [-0.3, -0.25) is 9.59 Å². The van der Waals surface area contributed by atoms with Gasteiger partial charge in [0.2, 0.25) is 5.91 Å². The van der Waals surface area contributed by atoms with Crippen LogP contribution in [-0.2, 0) is 4.79 Å². The highest BCUT2D eigenvalue weighted by Gasteiger charge is 2.24. The SMILES string of the molecule is CC(NC(=O)c1cccs1)C(=O)NCC(C)(O)CN(C)C.